The van der Waals surface area contributed by atoms with Gasteiger partial charge in [0.05, 0.1) is 11.5 Å². The number of hydrogen-bond acceptors (Lipinski definition) is 4. The Kier molecular flexibility index (Phi) is 1.99. The smallest absolute Gasteiger partial charge is 0.315 e. The van der Waals surface area contributed by atoms with E-state index < -0.39 is 4.92 Å². The maximum atomic E-state index is 10.5. The van der Waals surface area contributed by atoms with Crippen LogP contribution in [0.15, 0.2) is 12.1 Å². The summed E-state index contributed by atoms with van der Waals surface area (Å²) in [6.07, 6.45) is 0.895. The van der Waals surface area contributed by atoms with Crippen LogP contribution in [0.1, 0.15) is 13.3 Å². The van der Waals surface area contributed by atoms with Gasteiger partial charge < -0.3 is 9.47 Å². The Morgan fingerprint density at radius 3 is 2.93 bits per heavy atom. The summed E-state index contributed by atoms with van der Waals surface area (Å²) in [5.41, 5.74) is 0.00356. The number of ether oxygens (including phenoxy) is 2. The first-order valence-corrected chi connectivity index (χ1v) is 4.36. The van der Waals surface area contributed by atoms with Gasteiger partial charge in [-0.15, -0.1) is 0 Å². The van der Waals surface area contributed by atoms with Crippen LogP contribution in [-0.4, -0.2) is 11.5 Å². The van der Waals surface area contributed by atoms with Gasteiger partial charge in [-0.05, 0) is 12.5 Å². The monoisotopic (exact) mass is 195 g/mol. The molecule has 1 aliphatic heterocycles. The molecule has 1 aromatic carbocycles. The summed E-state index contributed by atoms with van der Waals surface area (Å²) in [5, 5.41) is 10.5. The van der Waals surface area contributed by atoms with E-state index in [1.54, 1.807) is 6.07 Å². The van der Waals surface area contributed by atoms with Crippen LogP contribution in [0.5, 0.6) is 17.2 Å². The van der Waals surface area contributed by atoms with Crippen LogP contribution in [0.4, 0.5) is 5.69 Å². The van der Waals surface area contributed by atoms with Crippen LogP contribution < -0.4 is 9.47 Å². The third kappa shape index (κ3) is 1.37. The SMILES string of the molecule is CCCOc1ccc([N+](=O)[O-])c2c1O2. The zero-order chi connectivity index (χ0) is 10.1. The summed E-state index contributed by atoms with van der Waals surface area (Å²) in [5.74, 6) is 1.43. The zero-order valence-corrected chi connectivity index (χ0v) is 7.65. The van der Waals surface area contributed by atoms with Crippen LogP contribution >= 0.6 is 0 Å². The van der Waals surface area contributed by atoms with Gasteiger partial charge >= 0.3 is 5.69 Å². The van der Waals surface area contributed by atoms with E-state index in [0.29, 0.717) is 23.9 Å². The minimum atomic E-state index is -0.463. The highest BCUT2D eigenvalue weighted by Gasteiger charge is 2.36. The summed E-state index contributed by atoms with van der Waals surface area (Å²) in [4.78, 5) is 10.0. The lowest BCUT2D eigenvalue weighted by Crippen LogP contribution is -1.93. The topological polar surface area (TPSA) is 64.9 Å². The molecule has 14 heavy (non-hydrogen) atoms. The highest BCUT2D eigenvalue weighted by Crippen LogP contribution is 2.57. The zero-order valence-electron chi connectivity index (χ0n) is 7.65. The molecule has 0 radical (unpaired) electrons. The van der Waals surface area contributed by atoms with Crippen molar-refractivity contribution in [1.82, 2.24) is 0 Å². The number of nitrogens with zero attached hydrogens (tertiary/aromatic N) is 1. The second kappa shape index (κ2) is 3.17. The largest absolute Gasteiger partial charge is 0.490 e. The van der Waals surface area contributed by atoms with E-state index in [0.717, 1.165) is 6.42 Å². The van der Waals surface area contributed by atoms with Crippen molar-refractivity contribution in [1.29, 1.82) is 0 Å². The van der Waals surface area contributed by atoms with E-state index >= 15 is 0 Å². The number of fused-ring (bicyclic) bond motifs is 1. The van der Waals surface area contributed by atoms with Gasteiger partial charge in [-0.3, -0.25) is 10.1 Å². The fourth-order valence-electron chi connectivity index (χ4n) is 1.18. The van der Waals surface area contributed by atoms with Gasteiger partial charge in [0, 0.05) is 6.07 Å². The minimum absolute atomic E-state index is 0.00356. The van der Waals surface area contributed by atoms with Crippen molar-refractivity contribution in [3.8, 4) is 17.2 Å². The number of nitro groups is 1. The Morgan fingerprint density at radius 1 is 1.50 bits per heavy atom. The molecule has 0 spiro atoms. The number of rotatable bonds is 4. The molecule has 2 rings (SSSR count). The van der Waals surface area contributed by atoms with Gasteiger partial charge in [-0.2, -0.15) is 0 Å². The molecule has 0 aromatic heterocycles. The maximum Gasteiger partial charge on any atom is 0.315 e. The minimum Gasteiger partial charge on any atom is -0.490 e. The van der Waals surface area contributed by atoms with E-state index in [1.165, 1.54) is 6.07 Å². The molecule has 1 aromatic rings. The summed E-state index contributed by atoms with van der Waals surface area (Å²) in [6, 6.07) is 2.97. The number of hydrogen-bond donors (Lipinski definition) is 0. The Balaban J connectivity index is 2.21. The molecule has 5 heteroatoms. The molecule has 0 N–H and O–H groups in total. The normalized spacial score (nSPS) is 11.5. The van der Waals surface area contributed by atoms with E-state index in [-0.39, 0.29) is 5.69 Å². The Bertz CT molecular complexity index is 389. The molecular formula is C9H9NO4. The quantitative estimate of drug-likeness (QED) is 0.427. The molecule has 0 saturated carbocycles. The van der Waals surface area contributed by atoms with Crippen LogP contribution in [0.25, 0.3) is 0 Å². The van der Waals surface area contributed by atoms with E-state index in [4.69, 9.17) is 9.47 Å². The predicted octanol–water partition coefficient (Wildman–Crippen LogP) is 2.49. The van der Waals surface area contributed by atoms with Crippen LogP contribution in [0.2, 0.25) is 0 Å². The van der Waals surface area contributed by atoms with Crippen molar-refractivity contribution in [2.24, 2.45) is 0 Å². The highest BCUT2D eigenvalue weighted by atomic mass is 16.6. The van der Waals surface area contributed by atoms with Crippen molar-refractivity contribution >= 4 is 5.69 Å². The Hall–Kier alpha value is -1.78. The first-order chi connectivity index (χ1) is 6.74. The third-order valence-corrected chi connectivity index (χ3v) is 1.88. The van der Waals surface area contributed by atoms with Crippen molar-refractivity contribution < 1.29 is 14.4 Å². The van der Waals surface area contributed by atoms with Crippen LogP contribution in [0, 0.1) is 10.1 Å². The summed E-state index contributed by atoms with van der Waals surface area (Å²) in [6.45, 7) is 2.58. The fourth-order valence-corrected chi connectivity index (χ4v) is 1.18. The van der Waals surface area contributed by atoms with Crippen molar-refractivity contribution in [2.75, 3.05) is 6.61 Å². The summed E-state index contributed by atoms with van der Waals surface area (Å²) < 4.78 is 10.3. The molecule has 0 amide bonds. The molecule has 1 aliphatic rings. The number of nitro benzene ring substituents is 1. The second-order valence-electron chi connectivity index (χ2n) is 2.95. The first-order valence-electron chi connectivity index (χ1n) is 4.36. The standard InChI is InChI=1S/C9H9NO4/c1-2-5-13-7-4-3-6(10(11)12)8-9(7)14-8/h3-4H,2,5H2,1H3. The predicted molar refractivity (Wildman–Crippen MR) is 49.0 cm³/mol. The first kappa shape index (κ1) is 8.80. The van der Waals surface area contributed by atoms with Gasteiger partial charge in [-0.25, -0.2) is 0 Å². The van der Waals surface area contributed by atoms with Gasteiger partial charge in [0.15, 0.2) is 5.75 Å². The lowest BCUT2D eigenvalue weighted by Gasteiger charge is -1.99. The molecular weight excluding hydrogens is 186 g/mol. The van der Waals surface area contributed by atoms with Crippen LogP contribution in [-0.2, 0) is 0 Å². The summed E-state index contributed by atoms with van der Waals surface area (Å²) in [7, 11) is 0. The van der Waals surface area contributed by atoms with Gasteiger partial charge in [-0.1, -0.05) is 6.92 Å². The van der Waals surface area contributed by atoms with Crippen LogP contribution in [0.3, 0.4) is 0 Å². The lowest BCUT2D eigenvalue weighted by atomic mass is 10.3. The number of benzene rings is 1. The fraction of sp³-hybridized carbons (Fsp3) is 0.333. The van der Waals surface area contributed by atoms with E-state index in [2.05, 4.69) is 0 Å². The molecule has 1 heterocycles. The maximum absolute atomic E-state index is 10.5. The van der Waals surface area contributed by atoms with Crippen molar-refractivity contribution in [2.45, 2.75) is 13.3 Å². The van der Waals surface area contributed by atoms with Crippen molar-refractivity contribution in [3.63, 3.8) is 0 Å². The molecule has 5 nitrogen and oxygen atoms in total. The Morgan fingerprint density at radius 2 is 2.29 bits per heavy atom. The van der Waals surface area contributed by atoms with Gasteiger partial charge in [0.25, 0.3) is 5.75 Å². The molecule has 0 unspecified atom stereocenters. The molecule has 0 fully saturated rings. The average molecular weight is 195 g/mol. The second-order valence-corrected chi connectivity index (χ2v) is 2.95. The molecule has 0 aliphatic carbocycles. The van der Waals surface area contributed by atoms with Gasteiger partial charge in [0.2, 0.25) is 5.75 Å². The molecule has 0 saturated heterocycles. The summed E-state index contributed by atoms with van der Waals surface area (Å²) >= 11 is 0. The van der Waals surface area contributed by atoms with Gasteiger partial charge in [0.1, 0.15) is 0 Å². The Labute approximate surface area is 80.4 Å². The van der Waals surface area contributed by atoms with Crippen molar-refractivity contribution in [3.05, 3.63) is 22.2 Å². The average Bonchev–Trinajstić information content (AvgIpc) is 2.92. The molecule has 0 atom stereocenters. The van der Waals surface area contributed by atoms with E-state index in [1.807, 2.05) is 6.92 Å². The highest BCUT2D eigenvalue weighted by molar-refractivity contribution is 5.72. The van der Waals surface area contributed by atoms with E-state index in [9.17, 15) is 10.1 Å². The molecule has 0 bridgehead atoms. The lowest BCUT2D eigenvalue weighted by molar-refractivity contribution is -0.384. The molecule has 74 valence electrons. The third-order valence-electron chi connectivity index (χ3n) is 1.88.